The quantitative estimate of drug-likeness (QED) is 0.373. The summed E-state index contributed by atoms with van der Waals surface area (Å²) in [7, 11) is 0. The van der Waals surface area contributed by atoms with E-state index in [-0.39, 0.29) is 29.9 Å². The molecule has 5 nitrogen and oxygen atoms in total. The fourth-order valence-electron chi connectivity index (χ4n) is 3.48. The van der Waals surface area contributed by atoms with Crippen molar-refractivity contribution in [2.45, 2.75) is 57.4 Å². The summed E-state index contributed by atoms with van der Waals surface area (Å²) < 4.78 is 0. The molecule has 132 valence electrons. The molecule has 0 aliphatic heterocycles. The Morgan fingerprint density at radius 2 is 1.92 bits per heavy atom. The first-order chi connectivity index (χ1) is 11.2. The average molecular weight is 442 g/mol. The normalized spacial score (nSPS) is 17.2. The van der Waals surface area contributed by atoms with Gasteiger partial charge < -0.3 is 16.4 Å². The third-order valence-corrected chi connectivity index (χ3v) is 4.71. The highest BCUT2D eigenvalue weighted by Crippen LogP contribution is 2.24. The Bertz CT molecular complexity index is 597. The van der Waals surface area contributed by atoms with E-state index in [1.807, 2.05) is 6.07 Å². The number of nitrogens with one attached hydrogen (secondary N) is 2. The van der Waals surface area contributed by atoms with Gasteiger partial charge in [-0.3, -0.25) is 9.79 Å². The summed E-state index contributed by atoms with van der Waals surface area (Å²) in [5.74, 6) is 0.447. The molecule has 0 saturated heterocycles. The number of hydrogen-bond acceptors (Lipinski definition) is 2. The number of aryl methyl sites for hydroxylation is 2. The zero-order valence-electron chi connectivity index (χ0n) is 14.0. The first-order valence-electron chi connectivity index (χ1n) is 8.69. The summed E-state index contributed by atoms with van der Waals surface area (Å²) in [6.45, 7) is 0.419. The fraction of sp³-hybridized carbons (Fsp3) is 0.556. The van der Waals surface area contributed by atoms with Crippen molar-refractivity contribution >= 4 is 41.5 Å². The number of fused-ring (bicyclic) bond motifs is 1. The third-order valence-electron chi connectivity index (χ3n) is 4.71. The number of carbonyl (C=O) groups is 1. The van der Waals surface area contributed by atoms with Crippen LogP contribution in [0.15, 0.2) is 23.2 Å². The molecule has 0 unspecified atom stereocenters. The molecule has 0 spiro atoms. The number of nitrogens with zero attached hydrogens (tertiary/aromatic N) is 1. The van der Waals surface area contributed by atoms with Gasteiger partial charge in [0.2, 0.25) is 5.91 Å². The highest BCUT2D eigenvalue weighted by Gasteiger charge is 2.16. The lowest BCUT2D eigenvalue weighted by atomic mass is 10.1. The Kier molecular flexibility index (Phi) is 7.33. The number of anilines is 1. The van der Waals surface area contributed by atoms with E-state index in [0.717, 1.165) is 24.9 Å². The Labute approximate surface area is 160 Å². The largest absolute Gasteiger partial charge is 0.370 e. The second-order valence-corrected chi connectivity index (χ2v) is 6.53. The number of nitrogens with two attached hydrogens (primary N) is 1. The van der Waals surface area contributed by atoms with Crippen LogP contribution in [0.5, 0.6) is 0 Å². The maximum Gasteiger partial charge on any atom is 0.222 e. The van der Waals surface area contributed by atoms with Gasteiger partial charge in [-0.15, -0.1) is 24.0 Å². The summed E-state index contributed by atoms with van der Waals surface area (Å²) in [6, 6.07) is 6.72. The van der Waals surface area contributed by atoms with Crippen molar-refractivity contribution in [3.05, 3.63) is 29.3 Å². The van der Waals surface area contributed by atoms with Crippen molar-refractivity contribution in [3.63, 3.8) is 0 Å². The van der Waals surface area contributed by atoms with Crippen molar-refractivity contribution in [1.29, 1.82) is 0 Å². The number of amides is 1. The molecular formula is C18H27IN4O. The van der Waals surface area contributed by atoms with Crippen molar-refractivity contribution in [2.24, 2.45) is 10.7 Å². The van der Waals surface area contributed by atoms with Crippen molar-refractivity contribution in [3.8, 4) is 0 Å². The van der Waals surface area contributed by atoms with Crippen LogP contribution < -0.4 is 16.4 Å². The van der Waals surface area contributed by atoms with Gasteiger partial charge in [0.25, 0.3) is 0 Å². The lowest BCUT2D eigenvalue weighted by Gasteiger charge is -2.11. The number of guanidine groups is 1. The number of hydrogen-bond donors (Lipinski definition) is 3. The number of halogens is 1. The summed E-state index contributed by atoms with van der Waals surface area (Å²) in [4.78, 5) is 16.1. The van der Waals surface area contributed by atoms with Gasteiger partial charge in [0.15, 0.2) is 5.96 Å². The van der Waals surface area contributed by atoms with Gasteiger partial charge in [-0.2, -0.15) is 0 Å². The van der Waals surface area contributed by atoms with Gasteiger partial charge in [0.1, 0.15) is 0 Å². The summed E-state index contributed by atoms with van der Waals surface area (Å²) >= 11 is 0. The Morgan fingerprint density at radius 3 is 2.71 bits per heavy atom. The molecule has 0 radical (unpaired) electrons. The predicted molar refractivity (Wildman–Crippen MR) is 109 cm³/mol. The molecular weight excluding hydrogens is 415 g/mol. The van der Waals surface area contributed by atoms with Gasteiger partial charge in [-0.25, -0.2) is 0 Å². The fourth-order valence-corrected chi connectivity index (χ4v) is 3.48. The Balaban J connectivity index is 0.00000208. The maximum atomic E-state index is 11.8. The van der Waals surface area contributed by atoms with Crippen LogP contribution in [0.25, 0.3) is 0 Å². The van der Waals surface area contributed by atoms with E-state index < -0.39 is 0 Å². The maximum absolute atomic E-state index is 11.8. The zero-order valence-corrected chi connectivity index (χ0v) is 16.3. The van der Waals surface area contributed by atoms with E-state index in [1.165, 1.54) is 36.8 Å². The minimum Gasteiger partial charge on any atom is -0.370 e. The molecule has 4 N–H and O–H groups in total. The summed E-state index contributed by atoms with van der Waals surface area (Å²) in [5, 5.41) is 6.18. The SMILES string of the molecule is I.NC(=NCCC(=O)NC1CCCC1)Nc1ccc2c(c1)CCC2. The lowest BCUT2D eigenvalue weighted by molar-refractivity contribution is -0.121. The molecule has 6 heteroatoms. The highest BCUT2D eigenvalue weighted by atomic mass is 127. The first-order valence-corrected chi connectivity index (χ1v) is 8.69. The molecule has 0 heterocycles. The van der Waals surface area contributed by atoms with Gasteiger partial charge in [0, 0.05) is 18.2 Å². The van der Waals surface area contributed by atoms with Gasteiger partial charge in [-0.05, 0) is 55.4 Å². The Hall–Kier alpha value is -1.31. The Morgan fingerprint density at radius 1 is 1.17 bits per heavy atom. The van der Waals surface area contributed by atoms with E-state index in [2.05, 4.69) is 27.8 Å². The van der Waals surface area contributed by atoms with Crippen LogP contribution >= 0.6 is 24.0 Å². The monoisotopic (exact) mass is 442 g/mol. The van der Waals surface area contributed by atoms with Crippen LogP contribution in [0.3, 0.4) is 0 Å². The van der Waals surface area contributed by atoms with E-state index in [4.69, 9.17) is 5.73 Å². The average Bonchev–Trinajstić information content (AvgIpc) is 3.17. The standard InChI is InChI=1S/C18H26N4O.HI/c19-18(20-11-10-17(23)21-15-6-1-2-7-15)22-16-9-8-13-4-3-5-14(13)12-16;/h8-9,12,15H,1-7,10-11H2,(H,21,23)(H3,19,20,22);1H. The minimum atomic E-state index is 0. The number of benzene rings is 1. The molecule has 3 rings (SSSR count). The molecule has 2 aliphatic rings. The number of carbonyl (C=O) groups excluding carboxylic acids is 1. The van der Waals surface area contributed by atoms with E-state index in [1.54, 1.807) is 0 Å². The van der Waals surface area contributed by atoms with E-state index in [9.17, 15) is 4.79 Å². The summed E-state index contributed by atoms with van der Waals surface area (Å²) in [5.41, 5.74) is 9.72. The smallest absolute Gasteiger partial charge is 0.222 e. The molecule has 1 amide bonds. The molecule has 1 aromatic carbocycles. The van der Waals surface area contributed by atoms with Crippen molar-refractivity contribution in [1.82, 2.24) is 5.32 Å². The van der Waals surface area contributed by atoms with Crippen LogP contribution in [0.1, 0.15) is 49.7 Å². The van der Waals surface area contributed by atoms with Crippen molar-refractivity contribution < 1.29 is 4.79 Å². The number of rotatable bonds is 5. The van der Waals surface area contributed by atoms with Crippen LogP contribution in [-0.2, 0) is 17.6 Å². The van der Waals surface area contributed by atoms with Gasteiger partial charge in [-0.1, -0.05) is 18.9 Å². The second kappa shape index (κ2) is 9.25. The lowest BCUT2D eigenvalue weighted by Crippen LogP contribution is -2.33. The minimum absolute atomic E-state index is 0. The molecule has 2 aliphatic carbocycles. The zero-order chi connectivity index (χ0) is 16.1. The molecule has 0 atom stereocenters. The second-order valence-electron chi connectivity index (χ2n) is 6.53. The molecule has 0 bridgehead atoms. The van der Waals surface area contributed by atoms with E-state index in [0.29, 0.717) is 25.0 Å². The predicted octanol–water partition coefficient (Wildman–Crippen LogP) is 2.97. The molecule has 0 aromatic heterocycles. The molecule has 24 heavy (non-hydrogen) atoms. The topological polar surface area (TPSA) is 79.5 Å². The van der Waals surface area contributed by atoms with Crippen molar-refractivity contribution in [2.75, 3.05) is 11.9 Å². The van der Waals surface area contributed by atoms with Gasteiger partial charge in [0.05, 0.1) is 6.54 Å². The van der Waals surface area contributed by atoms with Crippen LogP contribution in [-0.4, -0.2) is 24.5 Å². The van der Waals surface area contributed by atoms with Crippen LogP contribution in [0.2, 0.25) is 0 Å². The highest BCUT2D eigenvalue weighted by molar-refractivity contribution is 14.0. The number of aliphatic imine (C=N–C) groups is 1. The first kappa shape index (κ1) is 19.0. The summed E-state index contributed by atoms with van der Waals surface area (Å²) in [6.07, 6.45) is 8.61. The van der Waals surface area contributed by atoms with Crippen LogP contribution in [0, 0.1) is 0 Å². The third kappa shape index (κ3) is 5.36. The van der Waals surface area contributed by atoms with Gasteiger partial charge >= 0.3 is 0 Å². The van der Waals surface area contributed by atoms with Crippen LogP contribution in [0.4, 0.5) is 5.69 Å². The molecule has 1 saturated carbocycles. The molecule has 1 fully saturated rings. The molecule has 1 aromatic rings. The van der Waals surface area contributed by atoms with E-state index >= 15 is 0 Å².